The zero-order valence-corrected chi connectivity index (χ0v) is 18.9. The third kappa shape index (κ3) is 5.63. The van der Waals surface area contributed by atoms with Crippen LogP contribution in [0.3, 0.4) is 0 Å². The number of guanidine groups is 1. The smallest absolute Gasteiger partial charge is 0.276 e. The summed E-state index contributed by atoms with van der Waals surface area (Å²) in [7, 11) is 3.84. The molecule has 32 heavy (non-hydrogen) atoms. The molecule has 0 atom stereocenters. The van der Waals surface area contributed by atoms with E-state index in [-0.39, 0.29) is 0 Å². The number of piperidine rings is 1. The van der Waals surface area contributed by atoms with Crippen LogP contribution in [0.4, 0.5) is 5.69 Å². The van der Waals surface area contributed by atoms with Crippen LogP contribution in [0.2, 0.25) is 0 Å². The van der Waals surface area contributed by atoms with Crippen molar-refractivity contribution in [1.82, 2.24) is 25.3 Å². The molecular weight excluding hydrogens is 402 g/mol. The monoisotopic (exact) mass is 433 g/mol. The summed E-state index contributed by atoms with van der Waals surface area (Å²) in [5.41, 5.74) is 3.26. The Morgan fingerprint density at radius 2 is 1.94 bits per heavy atom. The largest absolute Gasteiger partial charge is 0.372 e. The molecule has 1 aromatic carbocycles. The Kier molecular flexibility index (Phi) is 7.32. The van der Waals surface area contributed by atoms with E-state index in [0.717, 1.165) is 12.5 Å². The predicted octanol–water partition coefficient (Wildman–Crippen LogP) is 3.37. The van der Waals surface area contributed by atoms with Crippen molar-refractivity contribution in [1.29, 1.82) is 0 Å². The fraction of sp³-hybridized carbons (Fsp3) is 0.417. The molecule has 4 rings (SSSR count). The second kappa shape index (κ2) is 10.7. The van der Waals surface area contributed by atoms with Crippen LogP contribution < -0.4 is 10.2 Å². The Balaban J connectivity index is 1.26. The summed E-state index contributed by atoms with van der Waals surface area (Å²) in [4.78, 5) is 17.7. The number of hydrogen-bond donors (Lipinski definition) is 1. The maximum Gasteiger partial charge on any atom is 0.276 e. The molecule has 1 saturated heterocycles. The van der Waals surface area contributed by atoms with E-state index in [0.29, 0.717) is 30.4 Å². The topological polar surface area (TPSA) is 82.7 Å². The summed E-state index contributed by atoms with van der Waals surface area (Å²) >= 11 is 0. The number of benzene rings is 1. The molecule has 8 heteroatoms. The van der Waals surface area contributed by atoms with E-state index < -0.39 is 0 Å². The first-order valence-corrected chi connectivity index (χ1v) is 11.2. The standard InChI is InChI=1S/C24H31N7O/c1-25-24(27-15-13-22-28-23(32-29-22)21-8-4-5-14-26-21)30(2)18-19-9-11-20(12-10-19)31-16-6-3-7-17-31/h4-5,8-12,14H,3,6-7,13,15-18H2,1-2H3,(H,25,27). The van der Waals surface area contributed by atoms with Gasteiger partial charge in [0.05, 0.1) is 0 Å². The van der Waals surface area contributed by atoms with Gasteiger partial charge in [0.1, 0.15) is 5.69 Å². The molecule has 0 saturated carbocycles. The molecule has 2 aromatic heterocycles. The van der Waals surface area contributed by atoms with Crippen LogP contribution in [-0.2, 0) is 13.0 Å². The fourth-order valence-electron chi connectivity index (χ4n) is 3.93. The van der Waals surface area contributed by atoms with Crippen LogP contribution in [0.5, 0.6) is 0 Å². The van der Waals surface area contributed by atoms with Crippen molar-refractivity contribution in [2.75, 3.05) is 38.6 Å². The molecule has 0 bridgehead atoms. The fourth-order valence-corrected chi connectivity index (χ4v) is 3.93. The quantitative estimate of drug-likeness (QED) is 0.452. The average molecular weight is 434 g/mol. The van der Waals surface area contributed by atoms with Crippen molar-refractivity contribution >= 4 is 11.6 Å². The predicted molar refractivity (Wildman–Crippen MR) is 127 cm³/mol. The highest BCUT2D eigenvalue weighted by Gasteiger charge is 2.13. The summed E-state index contributed by atoms with van der Waals surface area (Å²) in [6.07, 6.45) is 6.28. The number of aliphatic imine (C=N–C) groups is 1. The molecule has 0 amide bonds. The Labute approximate surface area is 189 Å². The molecule has 0 radical (unpaired) electrons. The molecule has 0 spiro atoms. The summed E-state index contributed by atoms with van der Waals surface area (Å²) in [6.45, 7) is 3.77. The number of nitrogens with zero attached hydrogens (tertiary/aromatic N) is 6. The highest BCUT2D eigenvalue weighted by molar-refractivity contribution is 5.79. The molecule has 8 nitrogen and oxygen atoms in total. The number of aromatic nitrogens is 3. The lowest BCUT2D eigenvalue weighted by molar-refractivity contribution is 0.420. The van der Waals surface area contributed by atoms with Crippen LogP contribution in [0, 0.1) is 0 Å². The zero-order chi connectivity index (χ0) is 22.2. The third-order valence-corrected chi connectivity index (χ3v) is 5.63. The summed E-state index contributed by atoms with van der Waals surface area (Å²) in [5.74, 6) is 1.92. The maximum atomic E-state index is 5.32. The van der Waals surface area contributed by atoms with E-state index in [2.05, 4.69) is 59.5 Å². The molecule has 0 unspecified atom stereocenters. The third-order valence-electron chi connectivity index (χ3n) is 5.63. The molecule has 3 heterocycles. The number of hydrogen-bond acceptors (Lipinski definition) is 6. The van der Waals surface area contributed by atoms with Gasteiger partial charge in [-0.1, -0.05) is 23.4 Å². The minimum Gasteiger partial charge on any atom is -0.372 e. The van der Waals surface area contributed by atoms with Crippen LogP contribution in [-0.4, -0.2) is 59.7 Å². The lowest BCUT2D eigenvalue weighted by Gasteiger charge is -2.29. The molecule has 1 N–H and O–H groups in total. The number of rotatable bonds is 7. The van der Waals surface area contributed by atoms with Crippen molar-refractivity contribution in [3.8, 4) is 11.6 Å². The van der Waals surface area contributed by atoms with Gasteiger partial charge in [0.15, 0.2) is 11.8 Å². The summed E-state index contributed by atoms with van der Waals surface area (Å²) in [5, 5.41) is 7.43. The highest BCUT2D eigenvalue weighted by atomic mass is 16.5. The van der Waals surface area contributed by atoms with Gasteiger partial charge in [0.25, 0.3) is 5.89 Å². The lowest BCUT2D eigenvalue weighted by atomic mass is 10.1. The van der Waals surface area contributed by atoms with Crippen LogP contribution in [0.15, 0.2) is 58.2 Å². The first-order valence-electron chi connectivity index (χ1n) is 11.2. The Bertz CT molecular complexity index is 995. The number of nitrogens with one attached hydrogen (secondary N) is 1. The van der Waals surface area contributed by atoms with Gasteiger partial charge in [-0.3, -0.25) is 9.98 Å². The molecule has 1 aliphatic heterocycles. The first kappa shape index (κ1) is 21.8. The maximum absolute atomic E-state index is 5.32. The van der Waals surface area contributed by atoms with Crippen molar-refractivity contribution in [3.63, 3.8) is 0 Å². The number of anilines is 1. The second-order valence-corrected chi connectivity index (χ2v) is 8.02. The van der Waals surface area contributed by atoms with E-state index in [1.54, 1.807) is 13.2 Å². The molecule has 168 valence electrons. The Hall–Kier alpha value is -3.42. The highest BCUT2D eigenvalue weighted by Crippen LogP contribution is 2.20. The minimum atomic E-state index is 0.440. The van der Waals surface area contributed by atoms with Crippen molar-refractivity contribution in [2.24, 2.45) is 4.99 Å². The van der Waals surface area contributed by atoms with E-state index in [9.17, 15) is 0 Å². The van der Waals surface area contributed by atoms with Gasteiger partial charge in [0.2, 0.25) is 0 Å². The van der Waals surface area contributed by atoms with Crippen LogP contribution >= 0.6 is 0 Å². The summed E-state index contributed by atoms with van der Waals surface area (Å²) in [6, 6.07) is 14.5. The van der Waals surface area contributed by atoms with E-state index in [1.165, 1.54) is 43.6 Å². The van der Waals surface area contributed by atoms with Crippen molar-refractivity contribution < 1.29 is 4.52 Å². The normalized spacial score (nSPS) is 14.4. The molecule has 3 aromatic rings. The summed E-state index contributed by atoms with van der Waals surface area (Å²) < 4.78 is 5.32. The van der Waals surface area contributed by atoms with Gasteiger partial charge in [-0.2, -0.15) is 4.98 Å². The van der Waals surface area contributed by atoms with Crippen molar-refractivity contribution in [2.45, 2.75) is 32.2 Å². The van der Waals surface area contributed by atoms with E-state index in [1.807, 2.05) is 25.2 Å². The number of pyridine rings is 1. The zero-order valence-electron chi connectivity index (χ0n) is 18.9. The van der Waals surface area contributed by atoms with Gasteiger partial charge >= 0.3 is 0 Å². The Morgan fingerprint density at radius 3 is 2.66 bits per heavy atom. The molecule has 0 aliphatic carbocycles. The van der Waals surface area contributed by atoms with Crippen molar-refractivity contribution in [3.05, 3.63) is 60.0 Å². The van der Waals surface area contributed by atoms with E-state index in [4.69, 9.17) is 4.52 Å². The molecule has 1 fully saturated rings. The van der Waals surface area contributed by atoms with Gasteiger partial charge in [0, 0.05) is 58.6 Å². The Morgan fingerprint density at radius 1 is 1.12 bits per heavy atom. The van der Waals surface area contributed by atoms with Crippen LogP contribution in [0.1, 0.15) is 30.7 Å². The molecule has 1 aliphatic rings. The van der Waals surface area contributed by atoms with E-state index >= 15 is 0 Å². The second-order valence-electron chi connectivity index (χ2n) is 8.02. The average Bonchev–Trinajstić information content (AvgIpc) is 3.32. The van der Waals surface area contributed by atoms with Gasteiger partial charge in [-0.15, -0.1) is 0 Å². The lowest BCUT2D eigenvalue weighted by Crippen LogP contribution is -2.39. The van der Waals surface area contributed by atoms with Gasteiger partial charge < -0.3 is 19.6 Å². The van der Waals surface area contributed by atoms with Crippen LogP contribution in [0.25, 0.3) is 11.6 Å². The SMILES string of the molecule is CN=C(NCCc1noc(-c2ccccn2)n1)N(C)Cc1ccc(N2CCCCC2)cc1. The first-order chi connectivity index (χ1) is 15.7. The molecular formula is C24H31N7O. The van der Waals surface area contributed by atoms with Gasteiger partial charge in [-0.05, 0) is 49.1 Å². The minimum absolute atomic E-state index is 0.440. The van der Waals surface area contributed by atoms with Gasteiger partial charge in [-0.25, -0.2) is 0 Å².